The van der Waals surface area contributed by atoms with E-state index in [4.69, 9.17) is 9.47 Å². The Morgan fingerprint density at radius 1 is 0.582 bits per heavy atom. The molecule has 1 N–H and O–H groups in total. The van der Waals surface area contributed by atoms with Crippen LogP contribution in [-0.4, -0.2) is 61.4 Å². The van der Waals surface area contributed by atoms with Crippen LogP contribution in [0.4, 0.5) is 0 Å². The summed E-state index contributed by atoms with van der Waals surface area (Å²) >= 11 is 0. The minimum Gasteiger partial charge on any atom is -0.465 e. The Balaban J connectivity index is 2.30. The quantitative estimate of drug-likeness (QED) is 0.0491. The van der Waals surface area contributed by atoms with Crippen molar-refractivity contribution in [3.05, 3.63) is 0 Å². The maximum Gasteiger partial charge on any atom is 0.305 e. The zero-order chi connectivity index (χ0) is 40.3. The summed E-state index contributed by atoms with van der Waals surface area (Å²) in [4.78, 5) is 27.8. The number of carbonyl (C=O) groups is 2. The minimum atomic E-state index is -0.0267. The summed E-state index contributed by atoms with van der Waals surface area (Å²) in [5.41, 5.74) is 0.406. The van der Waals surface area contributed by atoms with E-state index in [9.17, 15) is 14.7 Å². The van der Waals surface area contributed by atoms with Gasteiger partial charge in [-0.3, -0.25) is 9.59 Å². The van der Waals surface area contributed by atoms with Gasteiger partial charge in [0, 0.05) is 19.4 Å². The molecule has 1 saturated carbocycles. The van der Waals surface area contributed by atoms with E-state index in [1.54, 1.807) is 0 Å². The molecule has 0 bridgehead atoms. The van der Waals surface area contributed by atoms with Gasteiger partial charge in [0.2, 0.25) is 0 Å². The van der Waals surface area contributed by atoms with Gasteiger partial charge in [-0.1, -0.05) is 157 Å². The molecule has 6 heteroatoms. The van der Waals surface area contributed by atoms with E-state index in [0.29, 0.717) is 37.4 Å². The van der Waals surface area contributed by atoms with Crippen molar-refractivity contribution >= 4 is 11.9 Å². The first kappa shape index (κ1) is 51.9. The van der Waals surface area contributed by atoms with Crippen molar-refractivity contribution in [1.82, 2.24) is 4.90 Å². The molecule has 0 aromatic carbocycles. The predicted molar refractivity (Wildman–Crippen MR) is 235 cm³/mol. The van der Waals surface area contributed by atoms with Gasteiger partial charge >= 0.3 is 11.9 Å². The van der Waals surface area contributed by atoms with Crippen LogP contribution >= 0.6 is 0 Å². The molecule has 1 fully saturated rings. The molecule has 1 aliphatic carbocycles. The molecule has 0 aromatic heterocycles. The van der Waals surface area contributed by atoms with Crippen LogP contribution in [-0.2, 0) is 19.1 Å². The molecule has 1 aliphatic rings. The normalized spacial score (nSPS) is 13.9. The maximum absolute atomic E-state index is 12.9. The zero-order valence-electron chi connectivity index (χ0n) is 37.7. The molecule has 0 unspecified atom stereocenters. The summed E-state index contributed by atoms with van der Waals surface area (Å²) in [5, 5.41) is 9.37. The lowest BCUT2D eigenvalue weighted by molar-refractivity contribution is -0.147. The van der Waals surface area contributed by atoms with Crippen LogP contribution in [0.15, 0.2) is 0 Å². The second kappa shape index (κ2) is 34.9. The van der Waals surface area contributed by atoms with E-state index in [0.717, 1.165) is 64.6 Å². The van der Waals surface area contributed by atoms with E-state index in [2.05, 4.69) is 39.5 Å². The van der Waals surface area contributed by atoms with Crippen molar-refractivity contribution < 1.29 is 24.2 Å². The molecule has 6 nitrogen and oxygen atoms in total. The molecule has 0 aliphatic heterocycles. The van der Waals surface area contributed by atoms with Crippen molar-refractivity contribution in [2.45, 2.75) is 247 Å². The topological polar surface area (TPSA) is 76.1 Å². The third-order valence-corrected chi connectivity index (χ3v) is 12.5. The first-order chi connectivity index (χ1) is 26.7. The zero-order valence-corrected chi connectivity index (χ0v) is 37.7. The Morgan fingerprint density at radius 2 is 1.07 bits per heavy atom. The molecule has 0 atom stereocenters. The molecule has 0 saturated heterocycles. The van der Waals surface area contributed by atoms with Crippen molar-refractivity contribution in [3.63, 3.8) is 0 Å². The highest BCUT2D eigenvalue weighted by atomic mass is 16.5. The van der Waals surface area contributed by atoms with Crippen molar-refractivity contribution in [1.29, 1.82) is 0 Å². The van der Waals surface area contributed by atoms with Crippen LogP contribution in [0, 0.1) is 16.7 Å². The van der Waals surface area contributed by atoms with Gasteiger partial charge in [-0.25, -0.2) is 0 Å². The summed E-state index contributed by atoms with van der Waals surface area (Å²) in [6, 6.07) is 0. The fourth-order valence-electron chi connectivity index (χ4n) is 8.22. The predicted octanol–water partition coefficient (Wildman–Crippen LogP) is 13.9. The SMILES string of the molecule is CCCCCCCCCC(=O)OCC(C)(C)CCCCCN(CCCCO)CCCCC1(CCC(=O)OCC(CCCCCCC)CCCCCCC)CC1. The lowest BCUT2D eigenvalue weighted by atomic mass is 9.88. The number of ether oxygens (including phenoxy) is 2. The second-order valence-corrected chi connectivity index (χ2v) is 18.7. The Bertz CT molecular complexity index is 873. The van der Waals surface area contributed by atoms with Crippen LogP contribution in [0.25, 0.3) is 0 Å². The van der Waals surface area contributed by atoms with E-state index in [-0.39, 0.29) is 24.0 Å². The van der Waals surface area contributed by atoms with E-state index in [1.807, 2.05) is 0 Å². The molecule has 55 heavy (non-hydrogen) atoms. The van der Waals surface area contributed by atoms with Gasteiger partial charge in [-0.05, 0) is 113 Å². The highest BCUT2D eigenvalue weighted by Gasteiger charge is 2.41. The van der Waals surface area contributed by atoms with Crippen molar-refractivity contribution in [3.8, 4) is 0 Å². The van der Waals surface area contributed by atoms with Crippen LogP contribution in [0.2, 0.25) is 0 Å². The van der Waals surface area contributed by atoms with Gasteiger partial charge in [0.1, 0.15) is 0 Å². The number of hydrogen-bond acceptors (Lipinski definition) is 6. The molecule has 0 radical (unpaired) electrons. The van der Waals surface area contributed by atoms with Crippen LogP contribution in [0.1, 0.15) is 247 Å². The number of unbranched alkanes of at least 4 members (excludes halogenated alkanes) is 18. The van der Waals surface area contributed by atoms with Gasteiger partial charge in [0.05, 0.1) is 13.2 Å². The average molecular weight is 778 g/mol. The van der Waals surface area contributed by atoms with Gasteiger partial charge in [-0.2, -0.15) is 0 Å². The number of nitrogens with zero attached hydrogens (tertiary/aromatic N) is 1. The monoisotopic (exact) mass is 778 g/mol. The largest absolute Gasteiger partial charge is 0.465 e. The summed E-state index contributed by atoms with van der Waals surface area (Å²) < 4.78 is 11.6. The number of aliphatic hydroxyl groups excluding tert-OH is 1. The molecule has 0 aromatic rings. The third-order valence-electron chi connectivity index (χ3n) is 12.5. The van der Waals surface area contributed by atoms with Gasteiger partial charge in [-0.15, -0.1) is 0 Å². The Hall–Kier alpha value is -1.14. The first-order valence-corrected chi connectivity index (χ1v) is 24.3. The number of rotatable bonds is 42. The standard InChI is InChI=1S/C49H95NO5/c1-6-9-12-15-16-19-23-32-46(52)55-44-48(4,5)34-24-20-26-39-50(41-28-29-42-51)40-27-25-35-49(37-38-49)36-33-47(53)54-43-45(30-21-17-13-10-7-2)31-22-18-14-11-8-3/h45,51H,6-44H2,1-5H3. The lowest BCUT2D eigenvalue weighted by Crippen LogP contribution is -2.28. The summed E-state index contributed by atoms with van der Waals surface area (Å²) in [5.74, 6) is 0.544. The Labute approximate surface area is 342 Å². The fourth-order valence-corrected chi connectivity index (χ4v) is 8.22. The number of esters is 2. The molecule has 0 spiro atoms. The molecular weight excluding hydrogens is 683 g/mol. The van der Waals surface area contributed by atoms with Gasteiger partial charge in [0.15, 0.2) is 0 Å². The molecular formula is C49H95NO5. The summed E-state index contributed by atoms with van der Waals surface area (Å²) in [6.07, 6.45) is 39.0. The van der Waals surface area contributed by atoms with Gasteiger partial charge in [0.25, 0.3) is 0 Å². The van der Waals surface area contributed by atoms with Gasteiger partial charge < -0.3 is 19.5 Å². The summed E-state index contributed by atoms with van der Waals surface area (Å²) in [7, 11) is 0. The lowest BCUT2D eigenvalue weighted by Gasteiger charge is -2.25. The minimum absolute atomic E-state index is 0.0235. The van der Waals surface area contributed by atoms with Crippen LogP contribution in [0.3, 0.4) is 0 Å². The van der Waals surface area contributed by atoms with E-state index >= 15 is 0 Å². The third kappa shape index (κ3) is 31.5. The van der Waals surface area contributed by atoms with E-state index < -0.39 is 0 Å². The maximum atomic E-state index is 12.9. The molecule has 326 valence electrons. The van der Waals surface area contributed by atoms with Crippen molar-refractivity contribution in [2.75, 3.05) is 39.5 Å². The highest BCUT2D eigenvalue weighted by molar-refractivity contribution is 5.69. The molecule has 0 amide bonds. The second-order valence-electron chi connectivity index (χ2n) is 18.7. The first-order valence-electron chi connectivity index (χ1n) is 24.3. The number of hydrogen-bond donors (Lipinski definition) is 1. The van der Waals surface area contributed by atoms with Crippen LogP contribution < -0.4 is 0 Å². The molecule has 1 rings (SSSR count). The molecule has 0 heterocycles. The Morgan fingerprint density at radius 3 is 1.64 bits per heavy atom. The summed E-state index contributed by atoms with van der Waals surface area (Å²) in [6.45, 7) is 16.0. The van der Waals surface area contributed by atoms with Crippen LogP contribution in [0.5, 0.6) is 0 Å². The number of carbonyl (C=O) groups excluding carboxylic acids is 2. The highest BCUT2D eigenvalue weighted by Crippen LogP contribution is 2.53. The van der Waals surface area contributed by atoms with Crippen molar-refractivity contribution in [2.24, 2.45) is 16.7 Å². The Kier molecular flexibility index (Phi) is 32.9. The smallest absolute Gasteiger partial charge is 0.305 e. The van der Waals surface area contributed by atoms with E-state index in [1.165, 1.54) is 154 Å². The number of aliphatic hydroxyl groups is 1. The average Bonchev–Trinajstić information content (AvgIpc) is 3.95. The fraction of sp³-hybridized carbons (Fsp3) is 0.959.